The lowest BCUT2D eigenvalue weighted by Crippen LogP contribution is -2.28. The predicted molar refractivity (Wildman–Crippen MR) is 72.7 cm³/mol. The molecular formula is C12H15BrN2O4. The number of nitrogens with one attached hydrogen (secondary N) is 1. The molecule has 0 aliphatic heterocycles. The highest BCUT2D eigenvalue weighted by Crippen LogP contribution is 2.05. The summed E-state index contributed by atoms with van der Waals surface area (Å²) in [4.78, 5) is 33.8. The van der Waals surface area contributed by atoms with Gasteiger partial charge in [-0.3, -0.25) is 14.4 Å². The van der Waals surface area contributed by atoms with Crippen molar-refractivity contribution in [3.05, 3.63) is 33.2 Å². The van der Waals surface area contributed by atoms with Crippen LogP contribution in [-0.2, 0) is 20.9 Å². The lowest BCUT2D eigenvalue weighted by atomic mass is 10.3. The van der Waals surface area contributed by atoms with Crippen molar-refractivity contribution in [2.24, 2.45) is 0 Å². The number of esters is 1. The van der Waals surface area contributed by atoms with Crippen molar-refractivity contribution >= 4 is 27.8 Å². The molecule has 1 rings (SSSR count). The molecular weight excluding hydrogens is 316 g/mol. The van der Waals surface area contributed by atoms with Crippen LogP contribution in [0, 0.1) is 0 Å². The van der Waals surface area contributed by atoms with Gasteiger partial charge in [-0.25, -0.2) is 0 Å². The number of carbonyl (C=O) groups excluding carboxylic acids is 2. The van der Waals surface area contributed by atoms with Crippen molar-refractivity contribution in [3.8, 4) is 0 Å². The van der Waals surface area contributed by atoms with E-state index in [9.17, 15) is 14.4 Å². The summed E-state index contributed by atoms with van der Waals surface area (Å²) < 4.78 is 6.67. The molecule has 0 spiro atoms. The van der Waals surface area contributed by atoms with Crippen molar-refractivity contribution in [1.29, 1.82) is 0 Å². The Morgan fingerprint density at radius 1 is 1.37 bits per heavy atom. The average Bonchev–Trinajstić information content (AvgIpc) is 2.39. The molecule has 0 aliphatic carbocycles. The monoisotopic (exact) mass is 330 g/mol. The fourth-order valence-electron chi connectivity index (χ4n) is 1.39. The van der Waals surface area contributed by atoms with Crippen molar-refractivity contribution in [1.82, 2.24) is 9.88 Å². The van der Waals surface area contributed by atoms with E-state index in [2.05, 4.69) is 26.0 Å². The number of pyridine rings is 1. The first-order valence-electron chi connectivity index (χ1n) is 5.72. The van der Waals surface area contributed by atoms with Crippen LogP contribution >= 0.6 is 15.9 Å². The fraction of sp³-hybridized carbons (Fsp3) is 0.417. The summed E-state index contributed by atoms with van der Waals surface area (Å²) in [6.45, 7) is 0.529. The molecule has 1 aromatic heterocycles. The Labute approximate surface area is 118 Å². The second kappa shape index (κ2) is 7.73. The number of halogens is 1. The van der Waals surface area contributed by atoms with Gasteiger partial charge in [0.15, 0.2) is 0 Å². The van der Waals surface area contributed by atoms with Crippen LogP contribution in [0.4, 0.5) is 0 Å². The Kier molecular flexibility index (Phi) is 6.27. The number of rotatable bonds is 6. The zero-order valence-corrected chi connectivity index (χ0v) is 12.1. The first-order valence-corrected chi connectivity index (χ1v) is 6.51. The van der Waals surface area contributed by atoms with E-state index in [0.29, 0.717) is 6.54 Å². The van der Waals surface area contributed by atoms with Gasteiger partial charge < -0.3 is 14.6 Å². The van der Waals surface area contributed by atoms with Gasteiger partial charge >= 0.3 is 5.97 Å². The van der Waals surface area contributed by atoms with Crippen molar-refractivity contribution in [2.45, 2.75) is 19.4 Å². The third-order valence-electron chi connectivity index (χ3n) is 2.41. The molecule has 0 aromatic carbocycles. The second-order valence-electron chi connectivity index (χ2n) is 3.81. The second-order valence-corrected chi connectivity index (χ2v) is 4.72. The largest absolute Gasteiger partial charge is 0.469 e. The maximum atomic E-state index is 11.5. The first kappa shape index (κ1) is 15.4. The highest BCUT2D eigenvalue weighted by atomic mass is 79.9. The molecule has 6 nitrogen and oxygen atoms in total. The fourth-order valence-corrected chi connectivity index (χ4v) is 1.77. The Morgan fingerprint density at radius 2 is 2.11 bits per heavy atom. The molecule has 0 saturated heterocycles. The minimum absolute atomic E-state index is 0.138. The summed E-state index contributed by atoms with van der Waals surface area (Å²) in [6, 6.07) is 3.08. The third kappa shape index (κ3) is 5.69. The molecule has 0 saturated carbocycles. The quantitative estimate of drug-likeness (QED) is 0.778. The van der Waals surface area contributed by atoms with Crippen LogP contribution in [0.3, 0.4) is 0 Å². The third-order valence-corrected chi connectivity index (χ3v) is 2.88. The number of methoxy groups -OCH3 is 1. The van der Waals surface area contributed by atoms with E-state index >= 15 is 0 Å². The van der Waals surface area contributed by atoms with Crippen LogP contribution in [0.25, 0.3) is 0 Å². The molecule has 1 aromatic rings. The Morgan fingerprint density at radius 3 is 2.79 bits per heavy atom. The van der Waals surface area contributed by atoms with E-state index in [1.807, 2.05) is 0 Å². The molecule has 1 heterocycles. The van der Waals surface area contributed by atoms with Gasteiger partial charge in [0.05, 0.1) is 13.5 Å². The van der Waals surface area contributed by atoms with Crippen LogP contribution in [0.5, 0.6) is 0 Å². The molecule has 1 amide bonds. The standard InChI is InChI=1S/C12H15BrN2O4/c1-19-12(18)4-6-14-10(16)5-7-15-8-9(13)2-3-11(15)17/h2-3,8H,4-7H2,1H3,(H,14,16). The Balaban J connectivity index is 2.36. The molecule has 0 fully saturated rings. The molecule has 104 valence electrons. The first-order chi connectivity index (χ1) is 9.02. The number of nitrogens with zero attached hydrogens (tertiary/aromatic N) is 1. The molecule has 0 bridgehead atoms. The van der Waals surface area contributed by atoms with Crippen molar-refractivity contribution < 1.29 is 14.3 Å². The summed E-state index contributed by atoms with van der Waals surface area (Å²) in [5, 5.41) is 2.59. The van der Waals surface area contributed by atoms with E-state index in [4.69, 9.17) is 0 Å². The van der Waals surface area contributed by atoms with Gasteiger partial charge in [-0.1, -0.05) is 0 Å². The van der Waals surface area contributed by atoms with E-state index in [0.717, 1.165) is 4.47 Å². The molecule has 19 heavy (non-hydrogen) atoms. The number of hydrogen-bond acceptors (Lipinski definition) is 4. The maximum Gasteiger partial charge on any atom is 0.307 e. The summed E-state index contributed by atoms with van der Waals surface area (Å²) in [5.74, 6) is -0.584. The lowest BCUT2D eigenvalue weighted by molar-refractivity contribution is -0.140. The highest BCUT2D eigenvalue weighted by molar-refractivity contribution is 9.10. The number of ether oxygens (including phenoxy) is 1. The minimum atomic E-state index is -0.372. The van der Waals surface area contributed by atoms with Crippen LogP contribution in [0.15, 0.2) is 27.6 Å². The zero-order valence-electron chi connectivity index (χ0n) is 10.5. The molecule has 0 unspecified atom stereocenters. The smallest absolute Gasteiger partial charge is 0.307 e. The maximum absolute atomic E-state index is 11.5. The van der Waals surface area contributed by atoms with Crippen LogP contribution in [-0.4, -0.2) is 30.1 Å². The van der Waals surface area contributed by atoms with Gasteiger partial charge in [0.1, 0.15) is 0 Å². The van der Waals surface area contributed by atoms with Crippen LogP contribution in [0.2, 0.25) is 0 Å². The van der Waals surface area contributed by atoms with Gasteiger partial charge in [-0.15, -0.1) is 0 Å². The van der Waals surface area contributed by atoms with E-state index < -0.39 is 0 Å². The number of hydrogen-bond donors (Lipinski definition) is 1. The van der Waals surface area contributed by atoms with Crippen LogP contribution < -0.4 is 10.9 Å². The number of aryl methyl sites for hydroxylation is 1. The van der Waals surface area contributed by atoms with E-state index in [1.165, 1.54) is 17.7 Å². The van der Waals surface area contributed by atoms with Gasteiger partial charge in [0.2, 0.25) is 5.91 Å². The topological polar surface area (TPSA) is 77.4 Å². The number of carbonyl (C=O) groups is 2. The number of aromatic nitrogens is 1. The average molecular weight is 331 g/mol. The minimum Gasteiger partial charge on any atom is -0.469 e. The summed E-state index contributed by atoms with van der Waals surface area (Å²) in [7, 11) is 1.30. The molecule has 0 radical (unpaired) electrons. The van der Waals surface area contributed by atoms with E-state index in [-0.39, 0.29) is 36.8 Å². The molecule has 7 heteroatoms. The lowest BCUT2D eigenvalue weighted by Gasteiger charge is -2.07. The van der Waals surface area contributed by atoms with Gasteiger partial charge in [-0.05, 0) is 22.0 Å². The highest BCUT2D eigenvalue weighted by Gasteiger charge is 2.05. The van der Waals surface area contributed by atoms with Gasteiger partial charge in [-0.2, -0.15) is 0 Å². The van der Waals surface area contributed by atoms with Crippen LogP contribution in [0.1, 0.15) is 12.8 Å². The molecule has 0 atom stereocenters. The molecule has 0 aliphatic rings. The Hall–Kier alpha value is -1.63. The van der Waals surface area contributed by atoms with Gasteiger partial charge in [0.25, 0.3) is 5.56 Å². The number of amides is 1. The SMILES string of the molecule is COC(=O)CCNC(=O)CCn1cc(Br)ccc1=O. The van der Waals surface area contributed by atoms with E-state index in [1.54, 1.807) is 12.3 Å². The van der Waals surface area contributed by atoms with Crippen molar-refractivity contribution in [2.75, 3.05) is 13.7 Å². The van der Waals surface area contributed by atoms with Gasteiger partial charge in [0, 0.05) is 36.2 Å². The summed E-state index contributed by atoms with van der Waals surface area (Å²) in [6.07, 6.45) is 1.95. The Bertz CT molecular complexity index is 513. The van der Waals surface area contributed by atoms with Crippen molar-refractivity contribution in [3.63, 3.8) is 0 Å². The molecule has 1 N–H and O–H groups in total. The summed E-state index contributed by atoms with van der Waals surface area (Å²) >= 11 is 3.26. The predicted octanol–water partition coefficient (Wildman–Crippen LogP) is 0.680. The zero-order chi connectivity index (χ0) is 14.3. The summed E-state index contributed by atoms with van der Waals surface area (Å²) in [5.41, 5.74) is -0.162. The normalized spacial score (nSPS) is 10.0.